The fraction of sp³-hybridized carbons (Fsp3) is 0.409. The first-order valence-corrected chi connectivity index (χ1v) is 10.6. The Hall–Kier alpha value is -2.41. The molecule has 0 aliphatic rings. The molecule has 0 aliphatic heterocycles. The van der Waals surface area contributed by atoms with Gasteiger partial charge < -0.3 is 5.32 Å². The zero-order valence-corrected chi connectivity index (χ0v) is 19.5. The number of amides is 1. The number of benzene rings is 1. The molecule has 0 aliphatic carbocycles. The third kappa shape index (κ3) is 4.45. The van der Waals surface area contributed by atoms with E-state index in [0.717, 1.165) is 32.9 Å². The van der Waals surface area contributed by atoms with E-state index < -0.39 is 0 Å². The Balaban J connectivity index is 1.74. The number of halogens is 1. The molecule has 6 nitrogen and oxygen atoms in total. The molecule has 154 valence electrons. The van der Waals surface area contributed by atoms with Crippen molar-refractivity contribution in [3.05, 3.63) is 62.6 Å². The van der Waals surface area contributed by atoms with E-state index in [1.54, 1.807) is 0 Å². The molecule has 0 radical (unpaired) electrons. The number of hydrogen-bond donors (Lipinski definition) is 1. The molecule has 7 heteroatoms. The van der Waals surface area contributed by atoms with Crippen LogP contribution in [0.25, 0.3) is 0 Å². The highest BCUT2D eigenvalue weighted by atomic mass is 79.9. The van der Waals surface area contributed by atoms with Crippen LogP contribution in [0.2, 0.25) is 0 Å². The molecule has 3 aromatic rings. The van der Waals surface area contributed by atoms with E-state index >= 15 is 0 Å². The molecule has 1 amide bonds. The fourth-order valence-corrected chi connectivity index (χ4v) is 3.71. The maximum absolute atomic E-state index is 12.8. The van der Waals surface area contributed by atoms with Crippen molar-refractivity contribution in [2.24, 2.45) is 5.92 Å². The summed E-state index contributed by atoms with van der Waals surface area (Å²) >= 11 is 3.54. The summed E-state index contributed by atoms with van der Waals surface area (Å²) < 4.78 is 4.83. The summed E-state index contributed by atoms with van der Waals surface area (Å²) in [6.45, 7) is 13.1. The highest BCUT2D eigenvalue weighted by Gasteiger charge is 2.20. The summed E-state index contributed by atoms with van der Waals surface area (Å²) in [5, 5.41) is 12.2. The lowest BCUT2D eigenvalue weighted by molar-refractivity contribution is -0.119. The van der Waals surface area contributed by atoms with Crippen LogP contribution in [0.5, 0.6) is 0 Å². The lowest BCUT2D eigenvalue weighted by Gasteiger charge is -2.14. The molecule has 29 heavy (non-hydrogen) atoms. The average molecular weight is 458 g/mol. The second-order valence-corrected chi connectivity index (χ2v) is 8.48. The minimum absolute atomic E-state index is 0.0321. The third-order valence-electron chi connectivity index (χ3n) is 5.40. The smallest absolute Gasteiger partial charge is 0.229 e. The monoisotopic (exact) mass is 457 g/mol. The van der Waals surface area contributed by atoms with Crippen molar-refractivity contribution in [2.45, 2.75) is 54.6 Å². The average Bonchev–Trinajstić information content (AvgIpc) is 3.08. The number of rotatable bonds is 6. The second-order valence-electron chi connectivity index (χ2n) is 7.69. The van der Waals surface area contributed by atoms with Gasteiger partial charge in [-0.1, -0.05) is 31.2 Å². The number of aromatic nitrogens is 4. The first kappa shape index (κ1) is 21.3. The minimum Gasteiger partial charge on any atom is -0.323 e. The summed E-state index contributed by atoms with van der Waals surface area (Å²) in [6, 6.07) is 8.28. The molecule has 2 aromatic heterocycles. The van der Waals surface area contributed by atoms with Crippen LogP contribution in [0.4, 0.5) is 5.69 Å². The van der Waals surface area contributed by atoms with Crippen LogP contribution in [0.15, 0.2) is 28.7 Å². The van der Waals surface area contributed by atoms with Crippen molar-refractivity contribution in [1.29, 1.82) is 0 Å². The number of carbonyl (C=O) groups excluding carboxylic acids is 1. The van der Waals surface area contributed by atoms with Gasteiger partial charge in [0, 0.05) is 5.69 Å². The first-order valence-electron chi connectivity index (χ1n) is 9.78. The molecule has 1 unspecified atom stereocenters. The number of carbonyl (C=O) groups is 1. The van der Waals surface area contributed by atoms with Gasteiger partial charge in [-0.05, 0) is 61.7 Å². The van der Waals surface area contributed by atoms with Crippen molar-refractivity contribution >= 4 is 27.5 Å². The second kappa shape index (κ2) is 8.53. The number of aryl methyl sites for hydroxylation is 3. The van der Waals surface area contributed by atoms with Gasteiger partial charge in [-0.2, -0.15) is 10.2 Å². The largest absolute Gasteiger partial charge is 0.323 e. The predicted octanol–water partition coefficient (Wildman–Crippen LogP) is 4.71. The van der Waals surface area contributed by atoms with E-state index in [2.05, 4.69) is 50.5 Å². The molecular weight excluding hydrogens is 430 g/mol. The Bertz CT molecular complexity index is 1050. The van der Waals surface area contributed by atoms with Gasteiger partial charge >= 0.3 is 0 Å². The quantitative estimate of drug-likeness (QED) is 0.582. The maximum Gasteiger partial charge on any atom is 0.229 e. The molecule has 2 heterocycles. The van der Waals surface area contributed by atoms with Crippen molar-refractivity contribution in [2.75, 3.05) is 5.32 Å². The lowest BCUT2D eigenvalue weighted by atomic mass is 10.1. The van der Waals surface area contributed by atoms with E-state index in [4.69, 9.17) is 0 Å². The fourth-order valence-electron chi connectivity index (χ4n) is 3.42. The number of hydrogen-bond acceptors (Lipinski definition) is 3. The molecule has 0 saturated carbocycles. The van der Waals surface area contributed by atoms with Gasteiger partial charge in [0.05, 0.1) is 46.2 Å². The summed E-state index contributed by atoms with van der Waals surface area (Å²) in [5.74, 6) is -0.256. The highest BCUT2D eigenvalue weighted by Crippen LogP contribution is 2.23. The minimum atomic E-state index is -0.224. The molecule has 0 spiro atoms. The third-order valence-corrected chi connectivity index (χ3v) is 6.55. The Labute approximate surface area is 180 Å². The lowest BCUT2D eigenvalue weighted by Crippen LogP contribution is -2.25. The molecule has 1 N–H and O–H groups in total. The summed E-state index contributed by atoms with van der Waals surface area (Å²) in [5.41, 5.74) is 6.99. The van der Waals surface area contributed by atoms with E-state index in [9.17, 15) is 4.79 Å². The molecule has 3 rings (SSSR count). The molecular formula is C22H28BrN5O. The molecule has 0 saturated heterocycles. The van der Waals surface area contributed by atoms with Crippen LogP contribution in [0.1, 0.15) is 40.8 Å². The SMILES string of the molecule is Cc1ccccc1Cn1nc(C)c(NC(=O)C(C)Cn2nc(C)c(Br)c2C)c1C. The standard InChI is InChI=1S/C22H28BrN5O/c1-13-9-7-8-10-19(13)12-28-18(6)21(16(4)26-28)24-22(29)14(2)11-27-17(5)20(23)15(3)25-27/h7-10,14H,11-12H2,1-6H3,(H,24,29). The molecule has 1 aromatic carbocycles. The Morgan fingerprint density at radius 1 is 1.03 bits per heavy atom. The van der Waals surface area contributed by atoms with Gasteiger partial charge in [0.15, 0.2) is 0 Å². The molecule has 0 bridgehead atoms. The highest BCUT2D eigenvalue weighted by molar-refractivity contribution is 9.10. The van der Waals surface area contributed by atoms with E-state index in [0.29, 0.717) is 13.1 Å². The van der Waals surface area contributed by atoms with Gasteiger partial charge in [0.2, 0.25) is 5.91 Å². The van der Waals surface area contributed by atoms with Crippen LogP contribution in [-0.2, 0) is 17.9 Å². The van der Waals surface area contributed by atoms with Gasteiger partial charge in [-0.25, -0.2) is 0 Å². The summed E-state index contributed by atoms with van der Waals surface area (Å²) in [7, 11) is 0. The van der Waals surface area contributed by atoms with Gasteiger partial charge in [0.25, 0.3) is 0 Å². The normalized spacial score (nSPS) is 12.2. The number of nitrogens with one attached hydrogen (secondary N) is 1. The first-order chi connectivity index (χ1) is 13.7. The van der Waals surface area contributed by atoms with Crippen molar-refractivity contribution in [1.82, 2.24) is 19.6 Å². The van der Waals surface area contributed by atoms with E-state index in [-0.39, 0.29) is 11.8 Å². The van der Waals surface area contributed by atoms with E-state index in [1.165, 1.54) is 11.1 Å². The van der Waals surface area contributed by atoms with Crippen LogP contribution < -0.4 is 5.32 Å². The topological polar surface area (TPSA) is 64.7 Å². The van der Waals surface area contributed by atoms with Gasteiger partial charge in [-0.3, -0.25) is 14.2 Å². The predicted molar refractivity (Wildman–Crippen MR) is 119 cm³/mol. The van der Waals surface area contributed by atoms with Gasteiger partial charge in [0.1, 0.15) is 0 Å². The van der Waals surface area contributed by atoms with Crippen molar-refractivity contribution < 1.29 is 4.79 Å². The van der Waals surface area contributed by atoms with Crippen LogP contribution in [0.3, 0.4) is 0 Å². The Morgan fingerprint density at radius 3 is 2.31 bits per heavy atom. The Kier molecular flexibility index (Phi) is 6.27. The zero-order valence-electron chi connectivity index (χ0n) is 17.9. The molecule has 1 atom stereocenters. The van der Waals surface area contributed by atoms with E-state index in [1.807, 2.05) is 56.1 Å². The van der Waals surface area contributed by atoms with Crippen LogP contribution >= 0.6 is 15.9 Å². The van der Waals surface area contributed by atoms with Crippen molar-refractivity contribution in [3.8, 4) is 0 Å². The van der Waals surface area contributed by atoms with Gasteiger partial charge in [-0.15, -0.1) is 0 Å². The number of anilines is 1. The Morgan fingerprint density at radius 2 is 1.69 bits per heavy atom. The summed E-state index contributed by atoms with van der Waals surface area (Å²) in [6.07, 6.45) is 0. The summed E-state index contributed by atoms with van der Waals surface area (Å²) in [4.78, 5) is 12.8. The van der Waals surface area contributed by atoms with Crippen LogP contribution in [-0.4, -0.2) is 25.5 Å². The maximum atomic E-state index is 12.8. The molecule has 0 fully saturated rings. The van der Waals surface area contributed by atoms with Crippen LogP contribution in [0, 0.1) is 40.5 Å². The zero-order chi connectivity index (χ0) is 21.3. The number of nitrogens with zero attached hydrogens (tertiary/aromatic N) is 4. The van der Waals surface area contributed by atoms with Crippen molar-refractivity contribution in [3.63, 3.8) is 0 Å².